The topological polar surface area (TPSA) is 52.5 Å². The second kappa shape index (κ2) is 7.29. The van der Waals surface area contributed by atoms with E-state index in [1.54, 1.807) is 0 Å². The Balaban J connectivity index is 0.000000613. The minimum Gasteiger partial charge on any atom is -0.393 e. The molecule has 4 aliphatic rings. The minimum absolute atomic E-state index is 0.0302. The SMILES string of the molecule is CC12CCC3CC4(F)CC(O)CCC4CC[C@]3(O)C1CCC2F.CNC. The molecule has 4 rings (SSSR count). The van der Waals surface area contributed by atoms with Gasteiger partial charge in [0.05, 0.1) is 11.7 Å². The zero-order valence-corrected chi connectivity index (χ0v) is 16.6. The molecule has 0 bridgehead atoms. The first kappa shape index (κ1) is 20.5. The van der Waals surface area contributed by atoms with Gasteiger partial charge < -0.3 is 15.5 Å². The average molecular weight is 374 g/mol. The number of fused-ring (bicyclic) bond motifs is 4. The molecule has 0 aromatic rings. The molecule has 152 valence electrons. The van der Waals surface area contributed by atoms with Crippen LogP contribution in [0.15, 0.2) is 0 Å². The van der Waals surface area contributed by atoms with Gasteiger partial charge in [0.15, 0.2) is 0 Å². The van der Waals surface area contributed by atoms with E-state index in [0.29, 0.717) is 38.5 Å². The van der Waals surface area contributed by atoms with Crippen molar-refractivity contribution in [3.8, 4) is 0 Å². The Labute approximate surface area is 156 Å². The molecule has 7 unspecified atom stereocenters. The van der Waals surface area contributed by atoms with E-state index in [1.807, 2.05) is 21.0 Å². The van der Waals surface area contributed by atoms with Gasteiger partial charge in [-0.25, -0.2) is 8.78 Å². The first-order valence-electron chi connectivity index (χ1n) is 10.5. The predicted octanol–water partition coefficient (Wildman–Crippen LogP) is 3.77. The van der Waals surface area contributed by atoms with Gasteiger partial charge in [0.2, 0.25) is 0 Å². The number of aliphatic hydroxyl groups excluding tert-OH is 1. The summed E-state index contributed by atoms with van der Waals surface area (Å²) in [5.41, 5.74) is -2.67. The first-order chi connectivity index (χ1) is 12.2. The van der Waals surface area contributed by atoms with Crippen LogP contribution in [0.5, 0.6) is 0 Å². The van der Waals surface area contributed by atoms with E-state index < -0.39 is 29.0 Å². The number of rotatable bonds is 0. The second-order valence-electron chi connectivity index (χ2n) is 9.74. The summed E-state index contributed by atoms with van der Waals surface area (Å²) < 4.78 is 30.1. The van der Waals surface area contributed by atoms with Gasteiger partial charge in [-0.05, 0) is 89.6 Å². The van der Waals surface area contributed by atoms with Crippen molar-refractivity contribution < 1.29 is 19.0 Å². The number of halogens is 2. The van der Waals surface area contributed by atoms with Crippen LogP contribution in [0.2, 0.25) is 0 Å². The largest absolute Gasteiger partial charge is 0.393 e. The smallest absolute Gasteiger partial charge is 0.116 e. The molecular weight excluding hydrogens is 336 g/mol. The van der Waals surface area contributed by atoms with Crippen LogP contribution >= 0.6 is 0 Å². The van der Waals surface area contributed by atoms with Crippen molar-refractivity contribution in [2.75, 3.05) is 14.1 Å². The van der Waals surface area contributed by atoms with Gasteiger partial charge >= 0.3 is 0 Å². The molecule has 3 nitrogen and oxygen atoms in total. The fraction of sp³-hybridized carbons (Fsp3) is 1.00. The number of nitrogens with one attached hydrogen (secondary N) is 1. The van der Waals surface area contributed by atoms with Crippen LogP contribution in [-0.2, 0) is 0 Å². The van der Waals surface area contributed by atoms with Crippen LogP contribution in [0.25, 0.3) is 0 Å². The van der Waals surface area contributed by atoms with Crippen molar-refractivity contribution in [1.29, 1.82) is 0 Å². The molecule has 5 heteroatoms. The highest BCUT2D eigenvalue weighted by molar-refractivity contribution is 5.13. The van der Waals surface area contributed by atoms with Crippen molar-refractivity contribution in [2.24, 2.45) is 23.2 Å². The zero-order valence-electron chi connectivity index (χ0n) is 16.6. The number of hydrogen-bond donors (Lipinski definition) is 3. The van der Waals surface area contributed by atoms with E-state index in [9.17, 15) is 14.6 Å². The van der Waals surface area contributed by atoms with Gasteiger partial charge in [-0.1, -0.05) is 6.92 Å². The Bertz CT molecular complexity index is 506. The Hall–Kier alpha value is -0.260. The molecule has 4 fully saturated rings. The number of aliphatic hydroxyl groups is 2. The molecule has 4 aliphatic carbocycles. The first-order valence-corrected chi connectivity index (χ1v) is 10.5. The van der Waals surface area contributed by atoms with Gasteiger partial charge in [0.25, 0.3) is 0 Å². The second-order valence-corrected chi connectivity index (χ2v) is 9.74. The van der Waals surface area contributed by atoms with Crippen LogP contribution in [0, 0.1) is 23.2 Å². The summed E-state index contributed by atoms with van der Waals surface area (Å²) in [7, 11) is 3.75. The zero-order chi connectivity index (χ0) is 19.2. The molecule has 8 atom stereocenters. The lowest BCUT2D eigenvalue weighted by Crippen LogP contribution is -2.55. The van der Waals surface area contributed by atoms with Crippen molar-refractivity contribution in [3.63, 3.8) is 0 Å². The molecule has 0 aromatic carbocycles. The lowest BCUT2D eigenvalue weighted by molar-refractivity contribution is -0.154. The fourth-order valence-electron chi connectivity index (χ4n) is 6.80. The normalized spacial score (nSPS) is 53.4. The fourth-order valence-corrected chi connectivity index (χ4v) is 6.80. The summed E-state index contributed by atoms with van der Waals surface area (Å²) >= 11 is 0. The average Bonchev–Trinajstić information content (AvgIpc) is 2.81. The monoisotopic (exact) mass is 373 g/mol. The third-order valence-electron chi connectivity index (χ3n) is 8.20. The number of alkyl halides is 2. The molecule has 0 aromatic heterocycles. The maximum Gasteiger partial charge on any atom is 0.116 e. The highest BCUT2D eigenvalue weighted by Crippen LogP contribution is 2.63. The molecule has 0 radical (unpaired) electrons. The van der Waals surface area contributed by atoms with Crippen molar-refractivity contribution in [1.82, 2.24) is 5.32 Å². The van der Waals surface area contributed by atoms with Gasteiger partial charge in [0, 0.05) is 11.8 Å². The van der Waals surface area contributed by atoms with Gasteiger partial charge in [-0.2, -0.15) is 0 Å². The summed E-state index contributed by atoms with van der Waals surface area (Å²) in [5.74, 6) is -0.155. The van der Waals surface area contributed by atoms with Crippen LogP contribution in [-0.4, -0.2) is 47.9 Å². The third kappa shape index (κ3) is 3.22. The summed E-state index contributed by atoms with van der Waals surface area (Å²) in [5, 5.41) is 24.2. The van der Waals surface area contributed by atoms with E-state index in [-0.39, 0.29) is 24.2 Å². The Morgan fingerprint density at radius 3 is 2.27 bits per heavy atom. The molecule has 26 heavy (non-hydrogen) atoms. The molecule has 3 N–H and O–H groups in total. The summed E-state index contributed by atoms with van der Waals surface area (Å²) in [6.07, 6.45) is 4.64. The Morgan fingerprint density at radius 2 is 1.58 bits per heavy atom. The maximum atomic E-state index is 15.6. The van der Waals surface area contributed by atoms with E-state index in [0.717, 1.165) is 19.3 Å². The Morgan fingerprint density at radius 1 is 0.923 bits per heavy atom. The molecule has 0 spiro atoms. The van der Waals surface area contributed by atoms with Gasteiger partial charge in [-0.3, -0.25) is 0 Å². The molecule has 4 saturated carbocycles. The quantitative estimate of drug-likeness (QED) is 0.606. The molecule has 0 aliphatic heterocycles. The standard InChI is InChI=1S/C19H30F2O2.C2H7N/c1-17-8-6-13-10-18(21)11-14(22)3-2-12(18)7-9-19(13,23)15(17)4-5-16(17)20;1-3-2/h12-16,22-23H,2-11H2,1H3;3H,1-2H3/t12?,13?,14?,15?,16?,17?,18?,19-;/m1./s1. The molecule has 0 heterocycles. The van der Waals surface area contributed by atoms with E-state index in [4.69, 9.17) is 0 Å². The van der Waals surface area contributed by atoms with Crippen LogP contribution < -0.4 is 5.32 Å². The van der Waals surface area contributed by atoms with Crippen molar-refractivity contribution in [3.05, 3.63) is 0 Å². The lowest BCUT2D eigenvalue weighted by atomic mass is 9.56. The van der Waals surface area contributed by atoms with Crippen LogP contribution in [0.1, 0.15) is 71.1 Å². The molecule has 0 saturated heterocycles. The minimum atomic E-state index is -1.34. The van der Waals surface area contributed by atoms with Gasteiger partial charge in [-0.15, -0.1) is 0 Å². The number of hydrogen-bond acceptors (Lipinski definition) is 3. The third-order valence-corrected chi connectivity index (χ3v) is 8.20. The van der Waals surface area contributed by atoms with E-state index >= 15 is 4.39 Å². The van der Waals surface area contributed by atoms with E-state index in [1.165, 1.54) is 0 Å². The lowest BCUT2D eigenvalue weighted by Gasteiger charge is -2.53. The highest BCUT2D eigenvalue weighted by atomic mass is 19.1. The summed E-state index contributed by atoms with van der Waals surface area (Å²) in [6, 6.07) is 0. The molecular formula is C21H37F2NO2. The summed E-state index contributed by atoms with van der Waals surface area (Å²) in [4.78, 5) is 0. The van der Waals surface area contributed by atoms with E-state index in [2.05, 4.69) is 5.32 Å². The summed E-state index contributed by atoms with van der Waals surface area (Å²) in [6.45, 7) is 2.00. The highest BCUT2D eigenvalue weighted by Gasteiger charge is 2.63. The molecule has 0 amide bonds. The van der Waals surface area contributed by atoms with Crippen LogP contribution in [0.3, 0.4) is 0 Å². The van der Waals surface area contributed by atoms with Crippen molar-refractivity contribution in [2.45, 2.75) is 94.7 Å². The van der Waals surface area contributed by atoms with Crippen molar-refractivity contribution >= 4 is 0 Å². The maximum absolute atomic E-state index is 15.6. The predicted molar refractivity (Wildman–Crippen MR) is 99.4 cm³/mol. The van der Waals surface area contributed by atoms with Crippen LogP contribution in [0.4, 0.5) is 8.78 Å². The Kier molecular flexibility index (Phi) is 5.74. The van der Waals surface area contributed by atoms with Gasteiger partial charge in [0.1, 0.15) is 11.8 Å².